The van der Waals surface area contributed by atoms with E-state index in [-0.39, 0.29) is 23.7 Å². The number of carboxylic acids is 1. The predicted molar refractivity (Wildman–Crippen MR) is 75.3 cm³/mol. The summed E-state index contributed by atoms with van der Waals surface area (Å²) in [5, 5.41) is 8.85. The molecule has 112 valence electrons. The molecule has 8 heteroatoms. The van der Waals surface area contributed by atoms with Crippen LogP contribution in [0.3, 0.4) is 0 Å². The van der Waals surface area contributed by atoms with Crippen LogP contribution < -0.4 is 0 Å². The van der Waals surface area contributed by atoms with Crippen LogP contribution in [0.25, 0.3) is 0 Å². The number of hydrogen-bond donors (Lipinski definition) is 2. The van der Waals surface area contributed by atoms with Crippen molar-refractivity contribution in [1.82, 2.24) is 14.3 Å². The van der Waals surface area contributed by atoms with Crippen molar-refractivity contribution in [3.8, 4) is 0 Å². The van der Waals surface area contributed by atoms with E-state index in [1.165, 1.54) is 10.5 Å². The first kappa shape index (κ1) is 15.2. The molecule has 0 amide bonds. The number of H-pyrrole nitrogens is 1. The highest BCUT2D eigenvalue weighted by Crippen LogP contribution is 2.19. The summed E-state index contributed by atoms with van der Waals surface area (Å²) < 4.78 is 26.3. The van der Waals surface area contributed by atoms with Gasteiger partial charge in [-0.05, 0) is 23.8 Å². The molecule has 7 nitrogen and oxygen atoms in total. The van der Waals surface area contributed by atoms with Crippen LogP contribution in [0.15, 0.2) is 41.7 Å². The number of hydrogen-bond acceptors (Lipinski definition) is 4. The maximum Gasteiger partial charge on any atom is 0.352 e. The average Bonchev–Trinajstić information content (AvgIpc) is 2.96. The third kappa shape index (κ3) is 3.29. The molecule has 2 aromatic heterocycles. The van der Waals surface area contributed by atoms with E-state index >= 15 is 0 Å². The quantitative estimate of drug-likeness (QED) is 0.837. The Labute approximate surface area is 122 Å². The summed E-state index contributed by atoms with van der Waals surface area (Å²) in [5.41, 5.74) is 0.651. The van der Waals surface area contributed by atoms with Crippen molar-refractivity contribution >= 4 is 16.0 Å². The van der Waals surface area contributed by atoms with Crippen LogP contribution in [0.4, 0.5) is 0 Å². The highest BCUT2D eigenvalue weighted by molar-refractivity contribution is 7.89. The molecule has 2 rings (SSSR count). The summed E-state index contributed by atoms with van der Waals surface area (Å²) in [4.78, 5) is 17.1. The second-order valence-corrected chi connectivity index (χ2v) is 6.28. The van der Waals surface area contributed by atoms with Gasteiger partial charge in [-0.15, -0.1) is 0 Å². The minimum absolute atomic E-state index is 0.0594. The molecule has 0 saturated heterocycles. The SMILES string of the molecule is CCN(Cc1ccncc1)S(=O)(=O)c1c[nH]c(C(=O)O)c1. The van der Waals surface area contributed by atoms with Crippen molar-refractivity contribution < 1.29 is 18.3 Å². The lowest BCUT2D eigenvalue weighted by atomic mass is 10.3. The Morgan fingerprint density at radius 3 is 2.57 bits per heavy atom. The van der Waals surface area contributed by atoms with Crippen molar-refractivity contribution in [2.24, 2.45) is 0 Å². The lowest BCUT2D eigenvalue weighted by molar-refractivity contribution is 0.0691. The smallest absolute Gasteiger partial charge is 0.352 e. The molecule has 0 fully saturated rings. The zero-order chi connectivity index (χ0) is 15.5. The van der Waals surface area contributed by atoms with Gasteiger partial charge < -0.3 is 10.1 Å². The van der Waals surface area contributed by atoms with Crippen molar-refractivity contribution in [2.75, 3.05) is 6.54 Å². The molecule has 2 heterocycles. The van der Waals surface area contributed by atoms with Gasteiger partial charge in [0, 0.05) is 31.7 Å². The third-order valence-corrected chi connectivity index (χ3v) is 4.88. The number of aromatic nitrogens is 2. The molecule has 0 atom stereocenters. The fourth-order valence-electron chi connectivity index (χ4n) is 1.85. The molecular formula is C13H15N3O4S. The van der Waals surface area contributed by atoms with Gasteiger partial charge in [0.05, 0.1) is 0 Å². The molecule has 0 radical (unpaired) electrons. The maximum absolute atomic E-state index is 12.5. The zero-order valence-corrected chi connectivity index (χ0v) is 12.2. The molecule has 2 N–H and O–H groups in total. The standard InChI is InChI=1S/C13H15N3O4S/c1-2-16(9-10-3-5-14-6-4-10)21(19,20)11-7-12(13(17)18)15-8-11/h3-8,15H,2,9H2,1H3,(H,17,18). The van der Waals surface area contributed by atoms with Gasteiger partial charge in [0.1, 0.15) is 10.6 Å². The first-order valence-corrected chi connectivity index (χ1v) is 7.70. The van der Waals surface area contributed by atoms with Crippen LogP contribution in [-0.4, -0.2) is 40.3 Å². The van der Waals surface area contributed by atoms with Crippen molar-refractivity contribution in [1.29, 1.82) is 0 Å². The molecule has 0 saturated carbocycles. The van der Waals surface area contributed by atoms with E-state index in [9.17, 15) is 13.2 Å². The number of aromatic amines is 1. The first-order valence-electron chi connectivity index (χ1n) is 6.26. The van der Waals surface area contributed by atoms with Crippen LogP contribution >= 0.6 is 0 Å². The minimum Gasteiger partial charge on any atom is -0.477 e. The molecular weight excluding hydrogens is 294 g/mol. The van der Waals surface area contributed by atoms with Crippen molar-refractivity contribution in [2.45, 2.75) is 18.4 Å². The summed E-state index contributed by atoms with van der Waals surface area (Å²) in [7, 11) is -3.74. The summed E-state index contributed by atoms with van der Waals surface area (Å²) >= 11 is 0. The largest absolute Gasteiger partial charge is 0.477 e. The van der Waals surface area contributed by atoms with Gasteiger partial charge in [-0.2, -0.15) is 4.31 Å². The lowest BCUT2D eigenvalue weighted by Crippen LogP contribution is -2.30. The predicted octanol–water partition coefficient (Wildman–Crippen LogP) is 1.32. The number of sulfonamides is 1. The average molecular weight is 309 g/mol. The fraction of sp³-hybridized carbons (Fsp3) is 0.231. The Balaban J connectivity index is 2.28. The minimum atomic E-state index is -3.74. The zero-order valence-electron chi connectivity index (χ0n) is 11.4. The molecule has 0 bridgehead atoms. The lowest BCUT2D eigenvalue weighted by Gasteiger charge is -2.19. The molecule has 0 aliphatic carbocycles. The van der Waals surface area contributed by atoms with E-state index in [0.29, 0.717) is 0 Å². The topological polar surface area (TPSA) is 103 Å². The number of nitrogens with one attached hydrogen (secondary N) is 1. The van der Waals surface area contributed by atoms with Gasteiger partial charge in [-0.25, -0.2) is 13.2 Å². The summed E-state index contributed by atoms with van der Waals surface area (Å²) in [6.07, 6.45) is 4.37. The van der Waals surface area contributed by atoms with Gasteiger partial charge in [0.2, 0.25) is 10.0 Å². The Morgan fingerprint density at radius 1 is 1.38 bits per heavy atom. The molecule has 21 heavy (non-hydrogen) atoms. The van der Waals surface area contributed by atoms with Crippen molar-refractivity contribution in [3.63, 3.8) is 0 Å². The maximum atomic E-state index is 12.5. The Hall–Kier alpha value is -2.19. The van der Waals surface area contributed by atoms with Gasteiger partial charge >= 0.3 is 5.97 Å². The summed E-state index contributed by atoms with van der Waals surface area (Å²) in [6, 6.07) is 4.59. The van der Waals surface area contributed by atoms with E-state index in [4.69, 9.17) is 5.11 Å². The van der Waals surface area contributed by atoms with E-state index in [1.54, 1.807) is 31.5 Å². The van der Waals surface area contributed by atoms with Crippen LogP contribution in [0.2, 0.25) is 0 Å². The highest BCUT2D eigenvalue weighted by Gasteiger charge is 2.25. The van der Waals surface area contributed by atoms with Crippen LogP contribution in [0, 0.1) is 0 Å². The number of nitrogens with zero attached hydrogens (tertiary/aromatic N) is 2. The summed E-state index contributed by atoms with van der Waals surface area (Å²) in [5.74, 6) is -1.20. The second-order valence-electron chi connectivity index (χ2n) is 4.34. The van der Waals surface area contributed by atoms with Gasteiger partial charge in [0.15, 0.2) is 0 Å². The number of carbonyl (C=O) groups is 1. The molecule has 0 unspecified atom stereocenters. The monoisotopic (exact) mass is 309 g/mol. The highest BCUT2D eigenvalue weighted by atomic mass is 32.2. The van der Waals surface area contributed by atoms with Crippen LogP contribution in [0.1, 0.15) is 23.0 Å². The van der Waals surface area contributed by atoms with Crippen LogP contribution in [-0.2, 0) is 16.6 Å². The number of pyridine rings is 1. The third-order valence-electron chi connectivity index (χ3n) is 2.99. The van der Waals surface area contributed by atoms with Gasteiger partial charge in [-0.3, -0.25) is 4.98 Å². The Bertz CT molecular complexity index is 725. The van der Waals surface area contributed by atoms with Gasteiger partial charge in [-0.1, -0.05) is 6.92 Å². The number of aromatic carboxylic acids is 1. The molecule has 0 spiro atoms. The van der Waals surface area contributed by atoms with Crippen molar-refractivity contribution in [3.05, 3.63) is 48.0 Å². The molecule has 0 aliphatic heterocycles. The molecule has 0 aromatic carbocycles. The van der Waals surface area contributed by atoms with Crippen LogP contribution in [0.5, 0.6) is 0 Å². The van der Waals surface area contributed by atoms with E-state index in [0.717, 1.165) is 11.6 Å². The molecule has 0 aliphatic rings. The number of rotatable bonds is 6. The Morgan fingerprint density at radius 2 is 2.05 bits per heavy atom. The van der Waals surface area contributed by atoms with Gasteiger partial charge in [0.25, 0.3) is 0 Å². The first-order chi connectivity index (χ1) is 9.95. The fourth-order valence-corrected chi connectivity index (χ4v) is 3.29. The summed E-state index contributed by atoms with van der Waals surface area (Å²) in [6.45, 7) is 2.21. The molecule has 2 aromatic rings. The Kier molecular flexibility index (Phi) is 4.39. The van der Waals surface area contributed by atoms with E-state index in [1.807, 2.05) is 0 Å². The number of carboxylic acid groups (broad SMARTS) is 1. The second kappa shape index (κ2) is 6.06. The normalized spacial score (nSPS) is 11.7. The van der Waals surface area contributed by atoms with E-state index in [2.05, 4.69) is 9.97 Å². The van der Waals surface area contributed by atoms with E-state index < -0.39 is 16.0 Å².